The van der Waals surface area contributed by atoms with Crippen molar-refractivity contribution in [2.24, 2.45) is 0 Å². The number of ether oxygens (including phenoxy) is 1. The summed E-state index contributed by atoms with van der Waals surface area (Å²) in [4.78, 5) is 29.6. The largest absolute Gasteiger partial charge is 0.495 e. The number of benzene rings is 2. The number of methoxy groups -OCH3 is 1. The quantitative estimate of drug-likeness (QED) is 0.542. The van der Waals surface area contributed by atoms with Crippen LogP contribution in [0.15, 0.2) is 65.0 Å². The normalized spacial score (nSPS) is 10.8. The second kappa shape index (κ2) is 7.84. The maximum atomic E-state index is 13.2. The van der Waals surface area contributed by atoms with Crippen molar-refractivity contribution in [3.63, 3.8) is 0 Å². The minimum Gasteiger partial charge on any atom is -0.495 e. The van der Waals surface area contributed by atoms with Crippen molar-refractivity contribution in [2.75, 3.05) is 12.4 Å². The summed E-state index contributed by atoms with van der Waals surface area (Å²) in [6.07, 6.45) is 1.35. The minimum absolute atomic E-state index is 0.177. The summed E-state index contributed by atoms with van der Waals surface area (Å²) in [5.74, 6) is -0.165. The van der Waals surface area contributed by atoms with E-state index < -0.39 is 0 Å². The molecule has 0 saturated carbocycles. The van der Waals surface area contributed by atoms with Gasteiger partial charge in [0.05, 0.1) is 24.6 Å². The Morgan fingerprint density at radius 1 is 1.21 bits per heavy atom. The molecule has 1 amide bonds. The standard InChI is InChI=1S/C21H16FN3O3S/c1-28-17-5-3-2-4-16(17)24-18(26)10-25-12-23-19-15(11-29-20(19)21(25)27)13-6-8-14(22)9-7-13/h2-9,11-12H,10H2,1H3,(H,24,26). The average Bonchev–Trinajstić information content (AvgIpc) is 3.16. The molecule has 0 radical (unpaired) electrons. The van der Waals surface area contributed by atoms with Gasteiger partial charge >= 0.3 is 0 Å². The van der Waals surface area contributed by atoms with E-state index in [9.17, 15) is 14.0 Å². The van der Waals surface area contributed by atoms with Crippen LogP contribution >= 0.6 is 11.3 Å². The molecule has 4 aromatic rings. The number of anilines is 1. The smallest absolute Gasteiger partial charge is 0.271 e. The highest BCUT2D eigenvalue weighted by Gasteiger charge is 2.15. The van der Waals surface area contributed by atoms with Crippen molar-refractivity contribution < 1.29 is 13.9 Å². The molecule has 0 aliphatic rings. The lowest BCUT2D eigenvalue weighted by atomic mass is 10.1. The van der Waals surface area contributed by atoms with Crippen LogP contribution in [0.5, 0.6) is 5.75 Å². The number of amides is 1. The van der Waals surface area contributed by atoms with Gasteiger partial charge in [-0.1, -0.05) is 24.3 Å². The molecule has 2 aromatic heterocycles. The summed E-state index contributed by atoms with van der Waals surface area (Å²) in [5.41, 5.74) is 2.29. The number of fused-ring (bicyclic) bond motifs is 1. The number of nitrogens with one attached hydrogen (secondary N) is 1. The molecule has 2 heterocycles. The first kappa shape index (κ1) is 18.8. The maximum Gasteiger partial charge on any atom is 0.271 e. The van der Waals surface area contributed by atoms with E-state index in [-0.39, 0.29) is 23.8 Å². The van der Waals surface area contributed by atoms with Gasteiger partial charge in [-0.05, 0) is 29.8 Å². The summed E-state index contributed by atoms with van der Waals surface area (Å²) >= 11 is 1.25. The van der Waals surface area contributed by atoms with Crippen LogP contribution in [0.25, 0.3) is 21.3 Å². The summed E-state index contributed by atoms with van der Waals surface area (Å²) in [6, 6.07) is 13.0. The van der Waals surface area contributed by atoms with Gasteiger partial charge in [-0.3, -0.25) is 14.2 Å². The monoisotopic (exact) mass is 409 g/mol. The van der Waals surface area contributed by atoms with Gasteiger partial charge in [0.1, 0.15) is 22.8 Å². The van der Waals surface area contributed by atoms with Crippen LogP contribution in [0.1, 0.15) is 0 Å². The highest BCUT2D eigenvalue weighted by Crippen LogP contribution is 2.30. The Morgan fingerprint density at radius 2 is 1.97 bits per heavy atom. The second-order valence-corrected chi connectivity index (χ2v) is 7.14. The first-order valence-corrected chi connectivity index (χ1v) is 9.60. The molecule has 6 nitrogen and oxygen atoms in total. The SMILES string of the molecule is COc1ccccc1NC(=O)Cn1cnc2c(-c3ccc(F)cc3)csc2c1=O. The molecule has 1 N–H and O–H groups in total. The molecule has 0 aliphatic heterocycles. The molecule has 4 rings (SSSR count). The van der Waals surface area contributed by atoms with E-state index in [1.165, 1.54) is 41.5 Å². The molecule has 29 heavy (non-hydrogen) atoms. The van der Waals surface area contributed by atoms with Crippen LogP contribution in [-0.4, -0.2) is 22.6 Å². The van der Waals surface area contributed by atoms with Gasteiger partial charge in [-0.25, -0.2) is 9.37 Å². The zero-order valence-electron chi connectivity index (χ0n) is 15.4. The predicted octanol–water partition coefficient (Wildman–Crippen LogP) is 3.91. The molecule has 0 atom stereocenters. The Kier molecular flexibility index (Phi) is 5.09. The molecule has 0 saturated heterocycles. The van der Waals surface area contributed by atoms with Crippen molar-refractivity contribution >= 4 is 33.1 Å². The van der Waals surface area contributed by atoms with Gasteiger partial charge in [-0.2, -0.15) is 0 Å². The van der Waals surface area contributed by atoms with Crippen LogP contribution in [-0.2, 0) is 11.3 Å². The molecule has 0 fully saturated rings. The van der Waals surface area contributed by atoms with E-state index in [0.717, 1.165) is 11.1 Å². The third-order valence-corrected chi connectivity index (χ3v) is 5.35. The summed E-state index contributed by atoms with van der Waals surface area (Å²) in [5, 5.41) is 4.55. The fourth-order valence-corrected chi connectivity index (χ4v) is 3.96. The lowest BCUT2D eigenvalue weighted by Crippen LogP contribution is -2.27. The van der Waals surface area contributed by atoms with Crippen LogP contribution in [0, 0.1) is 5.82 Å². The third kappa shape index (κ3) is 3.74. The number of carbonyl (C=O) groups excluding carboxylic acids is 1. The summed E-state index contributed by atoms with van der Waals surface area (Å²) in [6.45, 7) is -0.177. The molecule has 0 unspecified atom stereocenters. The number of thiophene rings is 1. The molecule has 2 aromatic carbocycles. The first-order chi connectivity index (χ1) is 14.1. The summed E-state index contributed by atoms with van der Waals surface area (Å²) < 4.78 is 20.1. The van der Waals surface area contributed by atoms with E-state index in [2.05, 4.69) is 10.3 Å². The van der Waals surface area contributed by atoms with E-state index >= 15 is 0 Å². The number of halogens is 1. The Labute approximate surface area is 169 Å². The Morgan fingerprint density at radius 3 is 2.72 bits per heavy atom. The average molecular weight is 409 g/mol. The molecular weight excluding hydrogens is 393 g/mol. The van der Waals surface area contributed by atoms with Crippen LogP contribution in [0.4, 0.5) is 10.1 Å². The molecule has 0 aliphatic carbocycles. The van der Waals surface area contributed by atoms with Gasteiger partial charge in [0, 0.05) is 10.9 Å². The fraction of sp³-hybridized carbons (Fsp3) is 0.0952. The van der Waals surface area contributed by atoms with Gasteiger partial charge in [0.25, 0.3) is 5.56 Å². The van der Waals surface area contributed by atoms with Crippen LogP contribution in [0.3, 0.4) is 0 Å². The van der Waals surface area contributed by atoms with Crippen LogP contribution in [0.2, 0.25) is 0 Å². The molecule has 0 spiro atoms. The Hall–Kier alpha value is -3.52. The van der Waals surface area contributed by atoms with Gasteiger partial charge in [-0.15, -0.1) is 11.3 Å². The third-order valence-electron chi connectivity index (χ3n) is 4.40. The zero-order chi connectivity index (χ0) is 20.4. The lowest BCUT2D eigenvalue weighted by Gasteiger charge is -2.10. The molecule has 146 valence electrons. The fourth-order valence-electron chi connectivity index (χ4n) is 2.98. The van der Waals surface area contributed by atoms with E-state index in [0.29, 0.717) is 21.7 Å². The topological polar surface area (TPSA) is 73.2 Å². The number of nitrogens with zero attached hydrogens (tertiary/aromatic N) is 2. The van der Waals surface area contributed by atoms with Crippen molar-refractivity contribution in [2.45, 2.75) is 6.54 Å². The second-order valence-electron chi connectivity index (χ2n) is 6.26. The number of rotatable bonds is 5. The van der Waals surface area contributed by atoms with E-state index in [1.807, 2.05) is 5.38 Å². The predicted molar refractivity (Wildman–Crippen MR) is 111 cm³/mol. The number of carbonyl (C=O) groups is 1. The van der Waals surface area contributed by atoms with Crippen LogP contribution < -0.4 is 15.6 Å². The number of aromatic nitrogens is 2. The summed E-state index contributed by atoms with van der Waals surface area (Å²) in [7, 11) is 1.52. The zero-order valence-corrected chi connectivity index (χ0v) is 16.2. The van der Waals surface area contributed by atoms with Gasteiger partial charge in [0.2, 0.25) is 5.91 Å². The van der Waals surface area contributed by atoms with Gasteiger partial charge < -0.3 is 10.1 Å². The van der Waals surface area contributed by atoms with Crippen molar-refractivity contribution in [1.82, 2.24) is 9.55 Å². The number of para-hydroxylation sites is 2. The van der Waals surface area contributed by atoms with E-state index in [1.54, 1.807) is 36.4 Å². The first-order valence-electron chi connectivity index (χ1n) is 8.72. The minimum atomic E-state index is -0.368. The number of hydrogen-bond acceptors (Lipinski definition) is 5. The maximum absolute atomic E-state index is 13.2. The molecule has 8 heteroatoms. The molecular formula is C21H16FN3O3S. The van der Waals surface area contributed by atoms with Crippen molar-refractivity contribution in [3.05, 3.63) is 76.4 Å². The van der Waals surface area contributed by atoms with Gasteiger partial charge in [0.15, 0.2) is 0 Å². The Bertz CT molecular complexity index is 1250. The van der Waals surface area contributed by atoms with Crippen molar-refractivity contribution in [3.8, 4) is 16.9 Å². The van der Waals surface area contributed by atoms with E-state index in [4.69, 9.17) is 4.74 Å². The van der Waals surface area contributed by atoms with Crippen molar-refractivity contribution in [1.29, 1.82) is 0 Å². The molecule has 0 bridgehead atoms. The highest BCUT2D eigenvalue weighted by molar-refractivity contribution is 7.17. The number of hydrogen-bond donors (Lipinski definition) is 1. The lowest BCUT2D eigenvalue weighted by molar-refractivity contribution is -0.116. The highest BCUT2D eigenvalue weighted by atomic mass is 32.1. The Balaban J connectivity index is 1.60.